The summed E-state index contributed by atoms with van der Waals surface area (Å²) in [6, 6.07) is 20.7. The van der Waals surface area contributed by atoms with Crippen molar-refractivity contribution in [3.63, 3.8) is 0 Å². The van der Waals surface area contributed by atoms with Crippen LogP contribution in [0.3, 0.4) is 0 Å². The van der Waals surface area contributed by atoms with Crippen molar-refractivity contribution in [2.45, 2.75) is 6.54 Å². The number of rotatable bonds is 3. The van der Waals surface area contributed by atoms with Crippen molar-refractivity contribution in [1.82, 2.24) is 9.88 Å². The summed E-state index contributed by atoms with van der Waals surface area (Å²) in [5.74, 6) is 0. The lowest BCUT2D eigenvalue weighted by Gasteiger charge is -2.36. The van der Waals surface area contributed by atoms with Crippen LogP contribution < -0.4 is 4.90 Å². The first-order chi connectivity index (χ1) is 12.3. The molecule has 4 rings (SSSR count). The second-order valence-electron chi connectivity index (χ2n) is 6.38. The molecule has 0 spiro atoms. The van der Waals surface area contributed by atoms with Crippen LogP contribution in [0.15, 0.2) is 60.8 Å². The monoisotopic (exact) mass is 328 g/mol. The van der Waals surface area contributed by atoms with Gasteiger partial charge in [-0.1, -0.05) is 36.4 Å². The number of pyridine rings is 1. The van der Waals surface area contributed by atoms with Crippen LogP contribution in [0.2, 0.25) is 0 Å². The average molecular weight is 328 g/mol. The van der Waals surface area contributed by atoms with E-state index in [0.29, 0.717) is 0 Å². The van der Waals surface area contributed by atoms with Gasteiger partial charge in [-0.25, -0.2) is 0 Å². The lowest BCUT2D eigenvalue weighted by Crippen LogP contribution is -2.46. The zero-order valence-corrected chi connectivity index (χ0v) is 14.1. The standard InChI is InChI=1S/C21H20N4/c22-15-18-5-1-2-9-20(18)25-13-11-24(12-14-25)16-19-7-3-6-17-8-4-10-23-21(17)19/h1-10H,11-14,16H2. The topological polar surface area (TPSA) is 43.2 Å². The first-order valence-corrected chi connectivity index (χ1v) is 8.64. The molecule has 25 heavy (non-hydrogen) atoms. The van der Waals surface area contributed by atoms with Crippen LogP contribution in [-0.2, 0) is 6.54 Å². The highest BCUT2D eigenvalue weighted by Crippen LogP contribution is 2.23. The van der Waals surface area contributed by atoms with Gasteiger partial charge in [-0.15, -0.1) is 0 Å². The first-order valence-electron chi connectivity index (χ1n) is 8.64. The molecule has 0 atom stereocenters. The van der Waals surface area contributed by atoms with Gasteiger partial charge in [0.05, 0.1) is 16.8 Å². The van der Waals surface area contributed by atoms with Gasteiger partial charge in [0.1, 0.15) is 6.07 Å². The van der Waals surface area contributed by atoms with Crippen molar-refractivity contribution in [2.24, 2.45) is 0 Å². The summed E-state index contributed by atoms with van der Waals surface area (Å²) in [7, 11) is 0. The maximum absolute atomic E-state index is 9.30. The van der Waals surface area contributed by atoms with Gasteiger partial charge in [-0.3, -0.25) is 9.88 Å². The third-order valence-corrected chi connectivity index (χ3v) is 4.85. The van der Waals surface area contributed by atoms with Crippen LogP contribution in [0.4, 0.5) is 5.69 Å². The highest BCUT2D eigenvalue weighted by molar-refractivity contribution is 5.81. The average Bonchev–Trinajstić information content (AvgIpc) is 2.69. The lowest BCUT2D eigenvalue weighted by atomic mass is 10.1. The van der Waals surface area contributed by atoms with Gasteiger partial charge in [-0.05, 0) is 23.8 Å². The summed E-state index contributed by atoms with van der Waals surface area (Å²) < 4.78 is 0. The molecular formula is C21H20N4. The number of nitrogens with zero attached hydrogens (tertiary/aromatic N) is 4. The van der Waals surface area contributed by atoms with Crippen LogP contribution in [0, 0.1) is 11.3 Å². The molecular weight excluding hydrogens is 308 g/mol. The minimum Gasteiger partial charge on any atom is -0.368 e. The summed E-state index contributed by atoms with van der Waals surface area (Å²) in [6.45, 7) is 4.78. The van der Waals surface area contributed by atoms with Crippen molar-refractivity contribution < 1.29 is 0 Å². The zero-order chi connectivity index (χ0) is 17.1. The quantitative estimate of drug-likeness (QED) is 0.739. The summed E-state index contributed by atoms with van der Waals surface area (Å²) in [5.41, 5.74) is 4.19. The largest absolute Gasteiger partial charge is 0.368 e. The molecule has 4 heteroatoms. The van der Waals surface area contributed by atoms with Gasteiger partial charge < -0.3 is 4.90 Å². The second kappa shape index (κ2) is 6.92. The van der Waals surface area contributed by atoms with Crippen LogP contribution in [0.25, 0.3) is 10.9 Å². The Morgan fingerprint density at radius 2 is 1.72 bits per heavy atom. The minimum absolute atomic E-state index is 0.759. The molecule has 0 N–H and O–H groups in total. The molecule has 4 nitrogen and oxygen atoms in total. The van der Waals surface area contributed by atoms with E-state index in [0.717, 1.165) is 49.5 Å². The summed E-state index contributed by atoms with van der Waals surface area (Å²) in [6.07, 6.45) is 1.86. The zero-order valence-electron chi connectivity index (χ0n) is 14.1. The molecule has 1 aliphatic rings. The Balaban J connectivity index is 1.46. The molecule has 0 amide bonds. The lowest BCUT2D eigenvalue weighted by molar-refractivity contribution is 0.250. The Morgan fingerprint density at radius 1 is 0.920 bits per heavy atom. The third kappa shape index (κ3) is 3.19. The Bertz CT molecular complexity index is 915. The SMILES string of the molecule is N#Cc1ccccc1N1CCN(Cc2cccc3cccnc23)CC1. The van der Waals surface area contributed by atoms with Crippen LogP contribution >= 0.6 is 0 Å². The van der Waals surface area contributed by atoms with Gasteiger partial charge >= 0.3 is 0 Å². The fourth-order valence-corrected chi connectivity index (χ4v) is 3.53. The molecule has 0 unspecified atom stereocenters. The van der Waals surface area contributed by atoms with Crippen molar-refractivity contribution in [1.29, 1.82) is 5.26 Å². The van der Waals surface area contributed by atoms with Crippen LogP contribution in [0.5, 0.6) is 0 Å². The molecule has 0 radical (unpaired) electrons. The molecule has 1 aliphatic heterocycles. The number of nitriles is 1. The van der Waals surface area contributed by atoms with E-state index in [1.807, 2.05) is 36.5 Å². The predicted molar refractivity (Wildman–Crippen MR) is 100 cm³/mol. The van der Waals surface area contributed by atoms with E-state index in [2.05, 4.69) is 45.1 Å². The summed E-state index contributed by atoms with van der Waals surface area (Å²) >= 11 is 0. The predicted octanol–water partition coefficient (Wildman–Crippen LogP) is 3.43. The number of anilines is 1. The number of hydrogen-bond donors (Lipinski definition) is 0. The van der Waals surface area contributed by atoms with E-state index in [-0.39, 0.29) is 0 Å². The van der Waals surface area contributed by atoms with E-state index >= 15 is 0 Å². The Morgan fingerprint density at radius 3 is 2.56 bits per heavy atom. The maximum atomic E-state index is 9.30. The molecule has 2 aromatic carbocycles. The van der Waals surface area contributed by atoms with Crippen molar-refractivity contribution in [3.05, 3.63) is 71.9 Å². The van der Waals surface area contributed by atoms with Crippen molar-refractivity contribution in [3.8, 4) is 6.07 Å². The Hall–Kier alpha value is -2.90. The van der Waals surface area contributed by atoms with Crippen LogP contribution in [-0.4, -0.2) is 36.1 Å². The number of para-hydroxylation sites is 2. The maximum Gasteiger partial charge on any atom is 0.101 e. The highest BCUT2D eigenvalue weighted by atomic mass is 15.3. The first kappa shape index (κ1) is 15.6. The van der Waals surface area contributed by atoms with Crippen LogP contribution in [0.1, 0.15) is 11.1 Å². The summed E-state index contributed by atoms with van der Waals surface area (Å²) in [4.78, 5) is 9.34. The van der Waals surface area contributed by atoms with Gasteiger partial charge in [-0.2, -0.15) is 5.26 Å². The molecule has 0 saturated carbocycles. The second-order valence-corrected chi connectivity index (χ2v) is 6.38. The molecule has 1 aromatic heterocycles. The molecule has 3 aromatic rings. The van der Waals surface area contributed by atoms with Gasteiger partial charge in [0, 0.05) is 44.3 Å². The Labute approximate surface area is 147 Å². The van der Waals surface area contributed by atoms with Gasteiger partial charge in [0.25, 0.3) is 0 Å². The van der Waals surface area contributed by atoms with E-state index < -0.39 is 0 Å². The normalized spacial score (nSPS) is 15.2. The van der Waals surface area contributed by atoms with Crippen molar-refractivity contribution >= 4 is 16.6 Å². The van der Waals surface area contributed by atoms with E-state index in [1.54, 1.807) is 0 Å². The fraction of sp³-hybridized carbons (Fsp3) is 0.238. The van der Waals surface area contributed by atoms with Crippen molar-refractivity contribution in [2.75, 3.05) is 31.1 Å². The number of fused-ring (bicyclic) bond motifs is 1. The fourth-order valence-electron chi connectivity index (χ4n) is 3.53. The molecule has 1 saturated heterocycles. The third-order valence-electron chi connectivity index (χ3n) is 4.85. The minimum atomic E-state index is 0.759. The smallest absolute Gasteiger partial charge is 0.101 e. The van der Waals surface area contributed by atoms with E-state index in [9.17, 15) is 5.26 Å². The molecule has 2 heterocycles. The molecule has 1 fully saturated rings. The number of aromatic nitrogens is 1. The van der Waals surface area contributed by atoms with E-state index in [4.69, 9.17) is 0 Å². The van der Waals surface area contributed by atoms with Gasteiger partial charge in [0.15, 0.2) is 0 Å². The summed E-state index contributed by atoms with van der Waals surface area (Å²) in [5, 5.41) is 10.5. The van der Waals surface area contributed by atoms with Gasteiger partial charge in [0.2, 0.25) is 0 Å². The molecule has 0 aliphatic carbocycles. The molecule has 0 bridgehead atoms. The number of piperazine rings is 1. The highest BCUT2D eigenvalue weighted by Gasteiger charge is 2.19. The number of hydrogen-bond acceptors (Lipinski definition) is 4. The van der Waals surface area contributed by atoms with E-state index in [1.165, 1.54) is 10.9 Å². The molecule has 124 valence electrons. The number of benzene rings is 2. The Kier molecular flexibility index (Phi) is 4.32.